The molecule has 2 amide bonds. The Bertz CT molecular complexity index is 368. The molecule has 1 heterocycles. The van der Waals surface area contributed by atoms with Gasteiger partial charge in [-0.3, -0.25) is 4.79 Å². The van der Waals surface area contributed by atoms with Gasteiger partial charge in [-0.25, -0.2) is 4.79 Å². The number of aliphatic hydroxyl groups is 1. The Balaban J connectivity index is 2.49. The van der Waals surface area contributed by atoms with E-state index in [9.17, 15) is 14.7 Å². The fourth-order valence-corrected chi connectivity index (χ4v) is 2.26. The minimum absolute atomic E-state index is 0.00803. The number of carbonyl (C=O) groups excluding carboxylic acids is 2. The van der Waals surface area contributed by atoms with Gasteiger partial charge in [0.2, 0.25) is 5.91 Å². The van der Waals surface area contributed by atoms with Crippen LogP contribution in [0, 0.1) is 0 Å². The predicted octanol–water partition coefficient (Wildman–Crippen LogP) is 0.212. The monoisotopic (exact) mass is 301 g/mol. The molecule has 0 aliphatic carbocycles. The van der Waals surface area contributed by atoms with Gasteiger partial charge >= 0.3 is 6.09 Å². The van der Waals surface area contributed by atoms with E-state index in [1.807, 2.05) is 20.8 Å². The van der Waals surface area contributed by atoms with Gasteiger partial charge in [-0.15, -0.1) is 0 Å². The molecule has 0 bridgehead atoms. The Morgan fingerprint density at radius 2 is 2.10 bits per heavy atom. The number of ether oxygens (including phenoxy) is 1. The zero-order chi connectivity index (χ0) is 16.0. The minimum Gasteiger partial charge on any atom is -0.444 e. The van der Waals surface area contributed by atoms with Gasteiger partial charge in [0.15, 0.2) is 0 Å². The van der Waals surface area contributed by atoms with E-state index >= 15 is 0 Å². The highest BCUT2D eigenvalue weighted by molar-refractivity contribution is 5.78. The van der Waals surface area contributed by atoms with Crippen molar-refractivity contribution >= 4 is 12.0 Å². The lowest BCUT2D eigenvalue weighted by molar-refractivity contribution is -0.125. The van der Waals surface area contributed by atoms with Crippen molar-refractivity contribution in [3.8, 4) is 0 Å². The Labute approximate surface area is 125 Å². The van der Waals surface area contributed by atoms with Crippen molar-refractivity contribution in [1.29, 1.82) is 0 Å². The van der Waals surface area contributed by atoms with Gasteiger partial charge in [0.05, 0.1) is 0 Å². The van der Waals surface area contributed by atoms with Crippen molar-refractivity contribution in [2.75, 3.05) is 19.6 Å². The fourth-order valence-electron chi connectivity index (χ4n) is 2.26. The highest BCUT2D eigenvalue weighted by Crippen LogP contribution is 2.19. The van der Waals surface area contributed by atoms with Crippen molar-refractivity contribution in [3.63, 3.8) is 0 Å². The molecule has 0 saturated carbocycles. The third-order valence-electron chi connectivity index (χ3n) is 3.30. The Morgan fingerprint density at radius 1 is 1.43 bits per heavy atom. The quantitative estimate of drug-likeness (QED) is 0.673. The predicted molar refractivity (Wildman–Crippen MR) is 78.6 cm³/mol. The van der Waals surface area contributed by atoms with E-state index in [0.29, 0.717) is 13.1 Å². The van der Waals surface area contributed by atoms with Crippen molar-refractivity contribution in [3.05, 3.63) is 0 Å². The molecule has 21 heavy (non-hydrogen) atoms. The van der Waals surface area contributed by atoms with Crippen LogP contribution in [0.15, 0.2) is 0 Å². The number of amides is 2. The average Bonchev–Trinajstić information content (AvgIpc) is 2.37. The van der Waals surface area contributed by atoms with Crippen LogP contribution >= 0.6 is 0 Å². The smallest absolute Gasteiger partial charge is 0.410 e. The highest BCUT2D eigenvalue weighted by Gasteiger charge is 2.30. The molecule has 7 nitrogen and oxygen atoms in total. The largest absolute Gasteiger partial charge is 0.444 e. The van der Waals surface area contributed by atoms with Crippen LogP contribution in [-0.2, 0) is 9.53 Å². The van der Waals surface area contributed by atoms with Crippen LogP contribution in [0.1, 0.15) is 40.0 Å². The summed E-state index contributed by atoms with van der Waals surface area (Å²) in [6.07, 6.45) is 1.36. The molecule has 1 saturated heterocycles. The van der Waals surface area contributed by atoms with Gasteiger partial charge in [0, 0.05) is 25.7 Å². The summed E-state index contributed by atoms with van der Waals surface area (Å²) in [6.45, 7) is 6.78. The molecule has 1 fully saturated rings. The zero-order valence-electron chi connectivity index (χ0n) is 13.1. The number of aliphatic hydroxyl groups excluding tert-OH is 1. The first-order chi connectivity index (χ1) is 9.70. The number of likely N-dealkylation sites (tertiary alicyclic amines) is 1. The zero-order valence-corrected chi connectivity index (χ0v) is 13.1. The van der Waals surface area contributed by atoms with E-state index in [4.69, 9.17) is 10.5 Å². The summed E-state index contributed by atoms with van der Waals surface area (Å²) in [5, 5.41) is 12.3. The lowest BCUT2D eigenvalue weighted by Gasteiger charge is -2.37. The molecule has 0 spiro atoms. The van der Waals surface area contributed by atoms with Crippen LogP contribution in [0.4, 0.5) is 4.79 Å². The number of piperidine rings is 1. The number of primary amides is 1. The van der Waals surface area contributed by atoms with Crippen LogP contribution in [0.2, 0.25) is 0 Å². The molecule has 0 radical (unpaired) electrons. The summed E-state index contributed by atoms with van der Waals surface area (Å²) < 4.78 is 5.41. The van der Waals surface area contributed by atoms with E-state index in [1.54, 1.807) is 4.90 Å². The first-order valence-corrected chi connectivity index (χ1v) is 7.38. The molecule has 1 aliphatic rings. The summed E-state index contributed by atoms with van der Waals surface area (Å²) in [6, 6.07) is 0.00803. The maximum Gasteiger partial charge on any atom is 0.410 e. The molecule has 122 valence electrons. The van der Waals surface area contributed by atoms with E-state index < -0.39 is 17.6 Å². The summed E-state index contributed by atoms with van der Waals surface area (Å²) in [5.74, 6) is -0.754. The second kappa shape index (κ2) is 7.61. The Hall–Kier alpha value is -1.34. The standard InChI is InChI=1S/C14H27N3O4/c1-14(2,3)21-13(20)17-7-5-4-6-10(17)8-16-9-11(18)12(15)19/h10-11,16,18H,4-9H2,1-3H3,(H2,15,19). The van der Waals surface area contributed by atoms with E-state index in [2.05, 4.69) is 5.32 Å². The minimum atomic E-state index is -1.21. The number of hydrogen-bond acceptors (Lipinski definition) is 5. The number of rotatable bonds is 5. The Kier molecular flexibility index (Phi) is 6.42. The molecule has 0 aromatic rings. The maximum atomic E-state index is 12.2. The molecule has 2 atom stereocenters. The second-order valence-electron chi connectivity index (χ2n) is 6.40. The van der Waals surface area contributed by atoms with Crippen LogP contribution in [-0.4, -0.2) is 59.4 Å². The number of nitrogens with zero attached hydrogens (tertiary/aromatic N) is 1. The van der Waals surface area contributed by atoms with E-state index in [1.165, 1.54) is 0 Å². The van der Waals surface area contributed by atoms with Crippen LogP contribution in [0.3, 0.4) is 0 Å². The van der Waals surface area contributed by atoms with Crippen molar-refractivity contribution in [2.24, 2.45) is 5.73 Å². The topological polar surface area (TPSA) is 105 Å². The van der Waals surface area contributed by atoms with Gasteiger partial charge in [-0.1, -0.05) is 0 Å². The number of carbonyl (C=O) groups is 2. The molecule has 2 unspecified atom stereocenters. The van der Waals surface area contributed by atoms with Crippen LogP contribution < -0.4 is 11.1 Å². The summed E-state index contributed by atoms with van der Waals surface area (Å²) in [5.41, 5.74) is 4.47. The lowest BCUT2D eigenvalue weighted by atomic mass is 10.0. The third kappa shape index (κ3) is 6.31. The lowest BCUT2D eigenvalue weighted by Crippen LogP contribution is -2.51. The SMILES string of the molecule is CC(C)(C)OC(=O)N1CCCCC1CNCC(O)C(N)=O. The van der Waals surface area contributed by atoms with E-state index in [0.717, 1.165) is 19.3 Å². The summed E-state index contributed by atoms with van der Waals surface area (Å²) >= 11 is 0. The van der Waals surface area contributed by atoms with Crippen molar-refractivity contribution in [2.45, 2.75) is 57.8 Å². The molecule has 7 heteroatoms. The second-order valence-corrected chi connectivity index (χ2v) is 6.40. The first kappa shape index (κ1) is 17.7. The van der Waals surface area contributed by atoms with Gasteiger partial charge in [0.25, 0.3) is 0 Å². The number of hydrogen-bond donors (Lipinski definition) is 3. The molecule has 0 aromatic heterocycles. The Morgan fingerprint density at radius 3 is 2.67 bits per heavy atom. The fraction of sp³-hybridized carbons (Fsp3) is 0.857. The number of nitrogens with one attached hydrogen (secondary N) is 1. The third-order valence-corrected chi connectivity index (χ3v) is 3.30. The van der Waals surface area contributed by atoms with Gasteiger partial charge in [0.1, 0.15) is 11.7 Å². The summed E-state index contributed by atoms with van der Waals surface area (Å²) in [7, 11) is 0. The molecule has 1 aliphatic heterocycles. The molecule has 1 rings (SSSR count). The van der Waals surface area contributed by atoms with Crippen molar-refractivity contribution < 1.29 is 19.4 Å². The van der Waals surface area contributed by atoms with Crippen LogP contribution in [0.5, 0.6) is 0 Å². The normalized spacial score (nSPS) is 21.0. The maximum absolute atomic E-state index is 12.2. The van der Waals surface area contributed by atoms with Crippen molar-refractivity contribution in [1.82, 2.24) is 10.2 Å². The molecular formula is C14H27N3O4. The summed E-state index contributed by atoms with van der Waals surface area (Å²) in [4.78, 5) is 24.7. The molecule has 0 aromatic carbocycles. The van der Waals surface area contributed by atoms with Gasteiger partial charge < -0.3 is 25.8 Å². The van der Waals surface area contributed by atoms with Gasteiger partial charge in [-0.2, -0.15) is 0 Å². The average molecular weight is 301 g/mol. The van der Waals surface area contributed by atoms with Crippen LogP contribution in [0.25, 0.3) is 0 Å². The van der Waals surface area contributed by atoms with E-state index in [-0.39, 0.29) is 18.7 Å². The highest BCUT2D eigenvalue weighted by atomic mass is 16.6. The molecular weight excluding hydrogens is 274 g/mol. The first-order valence-electron chi connectivity index (χ1n) is 7.38. The number of nitrogens with two attached hydrogens (primary N) is 1. The van der Waals surface area contributed by atoms with Gasteiger partial charge in [-0.05, 0) is 40.0 Å². The molecule has 4 N–H and O–H groups in total.